The zero-order chi connectivity index (χ0) is 12.5. The maximum absolute atomic E-state index is 13.7. The van der Waals surface area contributed by atoms with Crippen molar-refractivity contribution in [2.75, 3.05) is 16.8 Å². The Kier molecular flexibility index (Phi) is 3.38. The van der Waals surface area contributed by atoms with Gasteiger partial charge in [-0.1, -0.05) is 12.1 Å². The van der Waals surface area contributed by atoms with Gasteiger partial charge in [0.2, 0.25) is 0 Å². The third-order valence-corrected chi connectivity index (χ3v) is 4.82. The van der Waals surface area contributed by atoms with E-state index in [1.165, 1.54) is 0 Å². The van der Waals surface area contributed by atoms with Crippen LogP contribution in [0.2, 0.25) is 0 Å². The van der Waals surface area contributed by atoms with Crippen molar-refractivity contribution >= 4 is 15.5 Å². The quantitative estimate of drug-likeness (QED) is 0.882. The van der Waals surface area contributed by atoms with E-state index in [9.17, 15) is 12.8 Å². The Labute approximate surface area is 101 Å². The van der Waals surface area contributed by atoms with Gasteiger partial charge in [-0.25, -0.2) is 12.8 Å². The van der Waals surface area contributed by atoms with Gasteiger partial charge in [-0.15, -0.1) is 0 Å². The van der Waals surface area contributed by atoms with Gasteiger partial charge in [0.25, 0.3) is 0 Å². The molecular formula is C12H16FNO2S. The van der Waals surface area contributed by atoms with E-state index in [4.69, 9.17) is 0 Å². The van der Waals surface area contributed by atoms with Crippen LogP contribution in [0.25, 0.3) is 0 Å². The molecule has 0 radical (unpaired) electrons. The first-order chi connectivity index (χ1) is 7.98. The van der Waals surface area contributed by atoms with E-state index < -0.39 is 9.84 Å². The number of hydrogen-bond donors (Lipinski definition) is 1. The van der Waals surface area contributed by atoms with Crippen LogP contribution in [0, 0.1) is 12.7 Å². The maximum atomic E-state index is 13.7. The van der Waals surface area contributed by atoms with Crippen LogP contribution in [0.15, 0.2) is 18.2 Å². The summed E-state index contributed by atoms with van der Waals surface area (Å²) in [5.41, 5.74) is 1.06. The van der Waals surface area contributed by atoms with E-state index in [1.807, 2.05) is 0 Å². The SMILES string of the molecule is Cc1cccc(NC2CCS(=O)(=O)CC2)c1F. The molecule has 3 nitrogen and oxygen atoms in total. The molecule has 1 N–H and O–H groups in total. The topological polar surface area (TPSA) is 46.2 Å². The number of nitrogens with one attached hydrogen (secondary N) is 1. The highest BCUT2D eigenvalue weighted by molar-refractivity contribution is 7.91. The van der Waals surface area contributed by atoms with Gasteiger partial charge in [0, 0.05) is 6.04 Å². The number of rotatable bonds is 2. The minimum Gasteiger partial charge on any atom is -0.380 e. The molecule has 1 fully saturated rings. The standard InChI is InChI=1S/C12H16FNO2S/c1-9-3-2-4-11(12(9)13)14-10-5-7-17(15,16)8-6-10/h2-4,10,14H,5-8H2,1H3. The van der Waals surface area contributed by atoms with Crippen molar-refractivity contribution in [1.82, 2.24) is 0 Å². The third kappa shape index (κ3) is 2.97. The zero-order valence-electron chi connectivity index (χ0n) is 9.74. The van der Waals surface area contributed by atoms with E-state index in [1.54, 1.807) is 25.1 Å². The average molecular weight is 257 g/mol. The molecule has 0 bridgehead atoms. The summed E-state index contributed by atoms with van der Waals surface area (Å²) in [4.78, 5) is 0. The van der Waals surface area contributed by atoms with E-state index in [-0.39, 0.29) is 23.4 Å². The Morgan fingerprint density at radius 3 is 2.59 bits per heavy atom. The Hall–Kier alpha value is -1.10. The Morgan fingerprint density at radius 2 is 1.94 bits per heavy atom. The van der Waals surface area contributed by atoms with E-state index in [0.29, 0.717) is 24.1 Å². The Balaban J connectivity index is 2.05. The van der Waals surface area contributed by atoms with E-state index in [0.717, 1.165) is 0 Å². The van der Waals surface area contributed by atoms with Gasteiger partial charge in [0.15, 0.2) is 0 Å². The molecule has 0 atom stereocenters. The summed E-state index contributed by atoms with van der Waals surface area (Å²) in [6, 6.07) is 5.24. The maximum Gasteiger partial charge on any atom is 0.150 e. The summed E-state index contributed by atoms with van der Waals surface area (Å²) >= 11 is 0. The number of benzene rings is 1. The molecule has 17 heavy (non-hydrogen) atoms. The normalized spacial score (nSPS) is 20.1. The molecule has 1 aliphatic heterocycles. The molecule has 0 saturated carbocycles. The summed E-state index contributed by atoms with van der Waals surface area (Å²) in [6.07, 6.45) is 1.10. The van der Waals surface area contributed by atoms with Crippen molar-refractivity contribution < 1.29 is 12.8 Å². The fraction of sp³-hybridized carbons (Fsp3) is 0.500. The lowest BCUT2D eigenvalue weighted by molar-refractivity contribution is 0.556. The first-order valence-corrected chi connectivity index (χ1v) is 7.52. The summed E-state index contributed by atoms with van der Waals surface area (Å²) in [6.45, 7) is 1.71. The number of halogens is 1. The van der Waals surface area contributed by atoms with Gasteiger partial charge < -0.3 is 5.32 Å². The highest BCUT2D eigenvalue weighted by Crippen LogP contribution is 2.22. The highest BCUT2D eigenvalue weighted by Gasteiger charge is 2.23. The lowest BCUT2D eigenvalue weighted by atomic mass is 10.1. The molecule has 0 spiro atoms. The second kappa shape index (κ2) is 4.64. The van der Waals surface area contributed by atoms with Crippen LogP contribution < -0.4 is 5.32 Å². The summed E-state index contributed by atoms with van der Waals surface area (Å²) in [5.74, 6) is 0.136. The van der Waals surface area contributed by atoms with Gasteiger partial charge in [-0.05, 0) is 31.4 Å². The number of hydrogen-bond acceptors (Lipinski definition) is 3. The predicted molar refractivity (Wildman–Crippen MR) is 66.4 cm³/mol. The van der Waals surface area contributed by atoms with Crippen molar-refractivity contribution in [2.24, 2.45) is 0 Å². The molecule has 1 aliphatic rings. The molecule has 0 amide bonds. The van der Waals surface area contributed by atoms with Crippen LogP contribution >= 0.6 is 0 Å². The molecule has 1 heterocycles. The summed E-state index contributed by atoms with van der Waals surface area (Å²) in [7, 11) is -2.86. The van der Waals surface area contributed by atoms with Crippen LogP contribution in [0.4, 0.5) is 10.1 Å². The molecule has 2 rings (SSSR count). The minimum atomic E-state index is -2.86. The van der Waals surface area contributed by atoms with Crippen molar-refractivity contribution in [3.05, 3.63) is 29.6 Å². The van der Waals surface area contributed by atoms with E-state index >= 15 is 0 Å². The van der Waals surface area contributed by atoms with E-state index in [2.05, 4.69) is 5.32 Å². The van der Waals surface area contributed by atoms with Crippen LogP contribution in [0.5, 0.6) is 0 Å². The molecule has 0 aliphatic carbocycles. The molecule has 94 valence electrons. The molecule has 0 aromatic heterocycles. The average Bonchev–Trinajstić information content (AvgIpc) is 2.27. The fourth-order valence-electron chi connectivity index (χ4n) is 2.01. The number of sulfone groups is 1. The third-order valence-electron chi connectivity index (χ3n) is 3.11. The molecule has 0 unspecified atom stereocenters. The zero-order valence-corrected chi connectivity index (χ0v) is 10.6. The number of anilines is 1. The second-order valence-corrected chi connectivity index (χ2v) is 6.81. The molecule has 1 aromatic carbocycles. The van der Waals surface area contributed by atoms with Crippen molar-refractivity contribution in [2.45, 2.75) is 25.8 Å². The fourth-order valence-corrected chi connectivity index (χ4v) is 3.50. The van der Waals surface area contributed by atoms with Gasteiger partial charge >= 0.3 is 0 Å². The van der Waals surface area contributed by atoms with Gasteiger partial charge in [0.1, 0.15) is 15.7 Å². The first kappa shape index (κ1) is 12.4. The van der Waals surface area contributed by atoms with Crippen LogP contribution in [-0.4, -0.2) is 26.0 Å². The Bertz CT molecular complexity index is 499. The molecule has 1 saturated heterocycles. The Morgan fingerprint density at radius 1 is 1.29 bits per heavy atom. The lowest BCUT2D eigenvalue weighted by Crippen LogP contribution is -2.32. The highest BCUT2D eigenvalue weighted by atomic mass is 32.2. The van der Waals surface area contributed by atoms with Crippen molar-refractivity contribution in [3.8, 4) is 0 Å². The molecule has 1 aromatic rings. The largest absolute Gasteiger partial charge is 0.380 e. The second-order valence-electron chi connectivity index (χ2n) is 4.51. The molecule has 5 heteroatoms. The van der Waals surface area contributed by atoms with Crippen LogP contribution in [-0.2, 0) is 9.84 Å². The summed E-state index contributed by atoms with van der Waals surface area (Å²) < 4.78 is 36.3. The van der Waals surface area contributed by atoms with Gasteiger partial charge in [0.05, 0.1) is 17.2 Å². The summed E-state index contributed by atoms with van der Waals surface area (Å²) in [5, 5.41) is 3.09. The van der Waals surface area contributed by atoms with Crippen LogP contribution in [0.1, 0.15) is 18.4 Å². The van der Waals surface area contributed by atoms with Crippen molar-refractivity contribution in [3.63, 3.8) is 0 Å². The van der Waals surface area contributed by atoms with Gasteiger partial charge in [-0.3, -0.25) is 0 Å². The first-order valence-electron chi connectivity index (χ1n) is 5.70. The van der Waals surface area contributed by atoms with Crippen molar-refractivity contribution in [1.29, 1.82) is 0 Å². The lowest BCUT2D eigenvalue weighted by Gasteiger charge is -2.24. The molecular weight excluding hydrogens is 241 g/mol. The van der Waals surface area contributed by atoms with Crippen LogP contribution in [0.3, 0.4) is 0 Å². The smallest absolute Gasteiger partial charge is 0.150 e. The monoisotopic (exact) mass is 257 g/mol. The minimum absolute atomic E-state index is 0.0508. The number of aryl methyl sites for hydroxylation is 1. The predicted octanol–water partition coefficient (Wildman–Crippen LogP) is 2.12. The van der Waals surface area contributed by atoms with Gasteiger partial charge in [-0.2, -0.15) is 0 Å².